The van der Waals surface area contributed by atoms with E-state index in [1.165, 1.54) is 30.3 Å². The average Bonchev–Trinajstić information content (AvgIpc) is 3.04. The molecule has 0 bridgehead atoms. The van der Waals surface area contributed by atoms with E-state index in [1.807, 2.05) is 0 Å². The van der Waals surface area contributed by atoms with Crippen LogP contribution in [0.5, 0.6) is 11.5 Å². The number of carbonyl (C=O) groups is 2. The predicted molar refractivity (Wildman–Crippen MR) is 184 cm³/mol. The van der Waals surface area contributed by atoms with Crippen LogP contribution in [0.4, 0.5) is 5.69 Å². The van der Waals surface area contributed by atoms with E-state index in [2.05, 4.69) is 16.0 Å². The molecule has 47 heavy (non-hydrogen) atoms. The Balaban J connectivity index is 1.17. The molecule has 3 aromatic carbocycles. The molecule has 0 radical (unpaired) electrons. The van der Waals surface area contributed by atoms with Gasteiger partial charge >= 0.3 is 5.97 Å². The van der Waals surface area contributed by atoms with E-state index in [0.29, 0.717) is 77.2 Å². The van der Waals surface area contributed by atoms with Gasteiger partial charge in [-0.15, -0.1) is 0 Å². The summed E-state index contributed by atoms with van der Waals surface area (Å²) in [5.41, 5.74) is 9.04. The van der Waals surface area contributed by atoms with Gasteiger partial charge in [-0.25, -0.2) is 4.79 Å². The number of aromatic hydroxyl groups is 2. The number of aromatic carboxylic acids is 1. The molecule has 1 aliphatic carbocycles. The zero-order valence-electron chi connectivity index (χ0n) is 25.3. The molecule has 8 N–H and O–H groups in total. The summed E-state index contributed by atoms with van der Waals surface area (Å²) in [6, 6.07) is 19.9. The highest BCUT2D eigenvalue weighted by atomic mass is 32.1. The first-order chi connectivity index (χ1) is 22.6. The third kappa shape index (κ3) is 8.23. The molecular weight excluding hydrogens is 620 g/mol. The minimum Gasteiger partial charge on any atom is -0.508 e. The van der Waals surface area contributed by atoms with Crippen LogP contribution >= 0.6 is 12.2 Å². The SMILES string of the molecule is NC(CCCCNC(=S)Nc1ccc(-c2c3ccc(=O)cc-3oc3cc(O)ccc23)c(C(=O)O)c1)C(=O)NCCc1ccc(O)cc1. The fourth-order valence-electron chi connectivity index (χ4n) is 5.29. The number of unbranched alkanes of at least 4 members (excludes halogenated alkanes) is 1. The number of rotatable bonds is 12. The number of nitrogens with one attached hydrogen (secondary N) is 3. The number of carbonyl (C=O) groups excluding carboxylic acids is 1. The van der Waals surface area contributed by atoms with Gasteiger partial charge in [-0.2, -0.15) is 0 Å². The molecule has 1 amide bonds. The lowest BCUT2D eigenvalue weighted by Crippen LogP contribution is -2.41. The number of phenolic OH excluding ortho intramolecular Hbond substituents is 2. The summed E-state index contributed by atoms with van der Waals surface area (Å²) in [7, 11) is 0. The molecular formula is C35H34N4O7S. The van der Waals surface area contributed by atoms with Crippen LogP contribution in [0.2, 0.25) is 0 Å². The number of hydrogen-bond acceptors (Lipinski definition) is 8. The number of carboxylic acids is 1. The van der Waals surface area contributed by atoms with Crippen molar-refractivity contribution in [1.29, 1.82) is 0 Å². The molecule has 242 valence electrons. The van der Waals surface area contributed by atoms with Gasteiger partial charge in [0.15, 0.2) is 10.5 Å². The number of thiocarbonyl (C=S) groups is 1. The van der Waals surface area contributed by atoms with Crippen molar-refractivity contribution in [2.24, 2.45) is 5.73 Å². The van der Waals surface area contributed by atoms with Gasteiger partial charge in [-0.05, 0) is 97.6 Å². The number of amides is 1. The highest BCUT2D eigenvalue weighted by molar-refractivity contribution is 7.80. The molecule has 1 heterocycles. The van der Waals surface area contributed by atoms with E-state index in [9.17, 15) is 29.7 Å². The Morgan fingerprint density at radius 1 is 0.851 bits per heavy atom. The number of hydrogen-bond donors (Lipinski definition) is 7. The highest BCUT2D eigenvalue weighted by Crippen LogP contribution is 2.42. The second-order valence-corrected chi connectivity index (χ2v) is 11.5. The highest BCUT2D eigenvalue weighted by Gasteiger charge is 2.22. The lowest BCUT2D eigenvalue weighted by molar-refractivity contribution is -0.122. The van der Waals surface area contributed by atoms with Crippen LogP contribution in [0.15, 0.2) is 88.1 Å². The second-order valence-electron chi connectivity index (χ2n) is 11.1. The van der Waals surface area contributed by atoms with Crippen molar-refractivity contribution in [2.45, 2.75) is 31.7 Å². The van der Waals surface area contributed by atoms with Gasteiger partial charge in [-0.3, -0.25) is 9.59 Å². The van der Waals surface area contributed by atoms with Gasteiger partial charge in [0.2, 0.25) is 5.91 Å². The summed E-state index contributed by atoms with van der Waals surface area (Å²) in [4.78, 5) is 36.8. The number of fused-ring (bicyclic) bond motifs is 2. The first kappa shape index (κ1) is 32.9. The molecule has 0 fully saturated rings. The minimum atomic E-state index is -1.16. The lowest BCUT2D eigenvalue weighted by Gasteiger charge is -2.18. The summed E-state index contributed by atoms with van der Waals surface area (Å²) in [6.45, 7) is 0.968. The van der Waals surface area contributed by atoms with Crippen molar-refractivity contribution in [2.75, 3.05) is 18.4 Å². The van der Waals surface area contributed by atoms with Crippen LogP contribution in [0, 0.1) is 0 Å². The van der Waals surface area contributed by atoms with E-state index in [4.69, 9.17) is 22.4 Å². The van der Waals surface area contributed by atoms with Crippen LogP contribution in [-0.4, -0.2) is 51.4 Å². The molecule has 12 heteroatoms. The smallest absolute Gasteiger partial charge is 0.336 e. The average molecular weight is 655 g/mol. The number of nitrogens with two attached hydrogens (primary N) is 1. The first-order valence-corrected chi connectivity index (χ1v) is 15.4. The van der Waals surface area contributed by atoms with Crippen LogP contribution < -0.4 is 27.1 Å². The third-order valence-electron chi connectivity index (χ3n) is 7.67. The van der Waals surface area contributed by atoms with Crippen LogP contribution in [0.3, 0.4) is 0 Å². The van der Waals surface area contributed by atoms with Crippen molar-refractivity contribution in [1.82, 2.24) is 10.6 Å². The third-order valence-corrected chi connectivity index (χ3v) is 7.91. The fourth-order valence-corrected chi connectivity index (χ4v) is 5.51. The normalized spacial score (nSPS) is 11.7. The molecule has 2 aliphatic rings. The molecule has 1 atom stereocenters. The summed E-state index contributed by atoms with van der Waals surface area (Å²) in [5.74, 6) is -0.950. The minimum absolute atomic E-state index is 0.00112. The van der Waals surface area contributed by atoms with Crippen molar-refractivity contribution in [3.05, 3.63) is 100 Å². The van der Waals surface area contributed by atoms with Gasteiger partial charge in [0.25, 0.3) is 0 Å². The fraction of sp³-hybridized carbons (Fsp3) is 0.200. The predicted octanol–water partition coefficient (Wildman–Crippen LogP) is 4.82. The van der Waals surface area contributed by atoms with Crippen LogP contribution in [0.25, 0.3) is 33.4 Å². The maximum Gasteiger partial charge on any atom is 0.336 e. The summed E-state index contributed by atoms with van der Waals surface area (Å²) in [6.07, 6.45) is 2.53. The number of benzene rings is 4. The molecule has 1 unspecified atom stereocenters. The Labute approximate surface area is 275 Å². The number of anilines is 1. The van der Waals surface area contributed by atoms with Crippen molar-refractivity contribution in [3.8, 4) is 33.9 Å². The van der Waals surface area contributed by atoms with Crippen molar-refractivity contribution in [3.63, 3.8) is 0 Å². The van der Waals surface area contributed by atoms with Gasteiger partial charge in [0, 0.05) is 47.4 Å². The molecule has 0 aromatic heterocycles. The van der Waals surface area contributed by atoms with E-state index in [0.717, 1.165) is 5.56 Å². The zero-order chi connectivity index (χ0) is 33.5. The quantitative estimate of drug-likeness (QED) is 0.0556. The van der Waals surface area contributed by atoms with E-state index >= 15 is 0 Å². The molecule has 5 rings (SSSR count). The van der Waals surface area contributed by atoms with Gasteiger partial charge < -0.3 is 41.4 Å². The molecule has 11 nitrogen and oxygen atoms in total. The second kappa shape index (κ2) is 14.8. The molecule has 0 saturated carbocycles. The van der Waals surface area contributed by atoms with Crippen molar-refractivity contribution >= 4 is 45.9 Å². The van der Waals surface area contributed by atoms with E-state index in [-0.39, 0.29) is 34.2 Å². The van der Waals surface area contributed by atoms with Gasteiger partial charge in [0.05, 0.1) is 11.6 Å². The molecule has 1 aliphatic heterocycles. The Kier molecular flexibility index (Phi) is 10.3. The number of carboxylic acid groups (broad SMARTS) is 1. The van der Waals surface area contributed by atoms with Crippen molar-refractivity contribution < 1.29 is 29.3 Å². The van der Waals surface area contributed by atoms with Gasteiger partial charge in [0.1, 0.15) is 22.8 Å². The maximum absolute atomic E-state index is 12.5. The summed E-state index contributed by atoms with van der Waals surface area (Å²) < 4.78 is 5.88. The standard InChI is InChI=1S/C35H34N4O7S/c36-29(33(43)37-16-14-20-4-7-22(40)8-5-20)3-1-2-15-38-35(47)39-21-6-11-25(28(17-21)34(44)45)32-26-12-9-23(41)18-30(26)46-31-19-24(42)10-13-27(31)32/h4-13,17-19,29,40-41H,1-3,14-16,36H2,(H,37,43)(H,44,45)(H2,38,39,47). The monoisotopic (exact) mass is 654 g/mol. The topological polar surface area (TPSA) is 187 Å². The molecule has 0 spiro atoms. The van der Waals surface area contributed by atoms with E-state index in [1.54, 1.807) is 48.5 Å². The Hall–Kier alpha value is -5.46. The zero-order valence-corrected chi connectivity index (χ0v) is 26.1. The Morgan fingerprint density at radius 2 is 1.60 bits per heavy atom. The lowest BCUT2D eigenvalue weighted by atomic mass is 9.90. The summed E-state index contributed by atoms with van der Waals surface area (Å²) in [5, 5.41) is 39.4. The molecule has 0 saturated heterocycles. The Morgan fingerprint density at radius 3 is 2.36 bits per heavy atom. The van der Waals surface area contributed by atoms with Crippen LogP contribution in [0.1, 0.15) is 35.2 Å². The number of phenols is 2. The first-order valence-electron chi connectivity index (χ1n) is 15.0. The van der Waals surface area contributed by atoms with E-state index < -0.39 is 12.0 Å². The Bertz CT molecular complexity index is 1960. The maximum atomic E-state index is 12.5. The molecule has 3 aromatic rings. The van der Waals surface area contributed by atoms with Crippen LogP contribution in [-0.2, 0) is 11.2 Å². The summed E-state index contributed by atoms with van der Waals surface area (Å²) >= 11 is 5.42. The largest absolute Gasteiger partial charge is 0.508 e. The van der Waals surface area contributed by atoms with Gasteiger partial charge in [-0.1, -0.05) is 18.2 Å².